The summed E-state index contributed by atoms with van der Waals surface area (Å²) in [4.78, 5) is 26.5. The third kappa shape index (κ3) is 3.55. The lowest BCUT2D eigenvalue weighted by molar-refractivity contribution is -0.151. The molecule has 1 aromatic heterocycles. The van der Waals surface area contributed by atoms with Crippen LogP contribution in [0.2, 0.25) is 0 Å². The van der Waals surface area contributed by atoms with Crippen LogP contribution >= 0.6 is 0 Å². The fourth-order valence-electron chi connectivity index (χ4n) is 3.12. The summed E-state index contributed by atoms with van der Waals surface area (Å²) in [6, 6.07) is -0.122. The molecule has 1 aliphatic heterocycles. The van der Waals surface area contributed by atoms with E-state index in [-0.39, 0.29) is 17.7 Å². The Kier molecular flexibility index (Phi) is 5.01. The highest BCUT2D eigenvalue weighted by Gasteiger charge is 2.39. The molecular formula is C16H25N3O3. The van der Waals surface area contributed by atoms with Crippen molar-refractivity contribution < 1.29 is 14.7 Å². The van der Waals surface area contributed by atoms with Crippen molar-refractivity contribution in [3.8, 4) is 0 Å². The largest absolute Gasteiger partial charge is 0.380 e. The first kappa shape index (κ1) is 16.7. The van der Waals surface area contributed by atoms with E-state index in [1.165, 1.54) is 0 Å². The molecule has 0 aromatic carbocycles. The van der Waals surface area contributed by atoms with Crippen LogP contribution in [0.25, 0.3) is 0 Å². The second kappa shape index (κ2) is 6.60. The minimum atomic E-state index is -1.34. The van der Waals surface area contributed by atoms with E-state index in [1.807, 2.05) is 6.92 Å². The van der Waals surface area contributed by atoms with Crippen molar-refractivity contribution in [3.05, 3.63) is 18.0 Å². The Hall–Kier alpha value is -1.69. The van der Waals surface area contributed by atoms with Crippen molar-refractivity contribution in [2.45, 2.75) is 57.6 Å². The van der Waals surface area contributed by atoms with Gasteiger partial charge < -0.3 is 10.0 Å². The molecule has 0 spiro atoms. The number of aromatic nitrogens is 2. The fraction of sp³-hybridized carbons (Fsp3) is 0.688. The van der Waals surface area contributed by atoms with Crippen molar-refractivity contribution in [2.24, 2.45) is 7.05 Å². The molecule has 6 nitrogen and oxygen atoms in total. The lowest BCUT2D eigenvalue weighted by Gasteiger charge is -2.31. The quantitative estimate of drug-likeness (QED) is 0.809. The fourth-order valence-corrected chi connectivity index (χ4v) is 3.12. The number of ketones is 1. The first-order valence-corrected chi connectivity index (χ1v) is 7.90. The monoisotopic (exact) mass is 307 g/mol. The molecule has 2 heterocycles. The Morgan fingerprint density at radius 1 is 1.50 bits per heavy atom. The molecule has 0 bridgehead atoms. The summed E-state index contributed by atoms with van der Waals surface area (Å²) in [6.45, 7) is 4.12. The topological polar surface area (TPSA) is 75.4 Å². The standard InChI is InChI=1S/C16H25N3O3/c1-4-7-16(2,22)15(21)19-8-5-6-13(19)9-14(20)12-10-17-18(3)11-12/h10-11,13,22H,4-9H2,1-3H3. The SMILES string of the molecule is CCCC(C)(O)C(=O)N1CCCC1CC(=O)c1cnn(C)c1. The van der Waals surface area contributed by atoms with Crippen LogP contribution in [0.15, 0.2) is 12.4 Å². The average Bonchev–Trinajstić information content (AvgIpc) is 3.06. The molecule has 2 atom stereocenters. The zero-order valence-electron chi connectivity index (χ0n) is 13.6. The normalized spacial score (nSPS) is 20.9. The Morgan fingerprint density at radius 3 is 2.82 bits per heavy atom. The van der Waals surface area contributed by atoms with Crippen molar-refractivity contribution in [1.29, 1.82) is 0 Å². The highest BCUT2D eigenvalue weighted by Crippen LogP contribution is 2.26. The van der Waals surface area contributed by atoms with Crippen molar-refractivity contribution in [1.82, 2.24) is 14.7 Å². The Labute approximate surface area is 131 Å². The van der Waals surface area contributed by atoms with Gasteiger partial charge in [-0.15, -0.1) is 0 Å². The molecule has 22 heavy (non-hydrogen) atoms. The number of hydrogen-bond acceptors (Lipinski definition) is 4. The number of carbonyl (C=O) groups is 2. The van der Waals surface area contributed by atoms with Crippen molar-refractivity contribution in [2.75, 3.05) is 6.54 Å². The van der Waals surface area contributed by atoms with E-state index < -0.39 is 5.60 Å². The first-order chi connectivity index (χ1) is 10.3. The van der Waals surface area contributed by atoms with Gasteiger partial charge in [-0.25, -0.2) is 0 Å². The molecular weight excluding hydrogens is 282 g/mol. The summed E-state index contributed by atoms with van der Waals surface area (Å²) >= 11 is 0. The summed E-state index contributed by atoms with van der Waals surface area (Å²) in [6.07, 6.45) is 6.39. The summed E-state index contributed by atoms with van der Waals surface area (Å²) in [5, 5.41) is 14.3. The molecule has 1 fully saturated rings. The van der Waals surface area contributed by atoms with Gasteiger partial charge in [0.1, 0.15) is 5.60 Å². The molecule has 1 saturated heterocycles. The third-order valence-electron chi connectivity index (χ3n) is 4.28. The number of amides is 1. The minimum Gasteiger partial charge on any atom is -0.380 e. The number of Topliss-reactive ketones (excluding diaryl/α,β-unsaturated/α-hetero) is 1. The van der Waals surface area contributed by atoms with Gasteiger partial charge in [0.25, 0.3) is 5.91 Å². The molecule has 1 amide bonds. The number of aryl methyl sites for hydroxylation is 1. The van der Waals surface area contributed by atoms with E-state index in [1.54, 1.807) is 35.9 Å². The van der Waals surface area contributed by atoms with E-state index in [0.717, 1.165) is 19.3 Å². The maximum Gasteiger partial charge on any atom is 0.254 e. The smallest absolute Gasteiger partial charge is 0.254 e. The minimum absolute atomic E-state index is 0.00654. The molecule has 122 valence electrons. The maximum absolute atomic E-state index is 12.5. The van der Waals surface area contributed by atoms with Crippen LogP contribution in [0.4, 0.5) is 0 Å². The number of likely N-dealkylation sites (tertiary alicyclic amines) is 1. The lowest BCUT2D eigenvalue weighted by atomic mass is 9.97. The van der Waals surface area contributed by atoms with Crippen LogP contribution in [0.1, 0.15) is 56.3 Å². The number of rotatable bonds is 6. The zero-order valence-corrected chi connectivity index (χ0v) is 13.6. The molecule has 0 radical (unpaired) electrons. The van der Waals surface area contributed by atoms with Gasteiger partial charge in [0.15, 0.2) is 5.78 Å². The van der Waals surface area contributed by atoms with Gasteiger partial charge in [-0.2, -0.15) is 5.10 Å². The Bertz CT molecular complexity index is 551. The summed E-state index contributed by atoms with van der Waals surface area (Å²) in [5.41, 5.74) is -0.767. The van der Waals surface area contributed by atoms with Crippen LogP contribution in [0.5, 0.6) is 0 Å². The summed E-state index contributed by atoms with van der Waals surface area (Å²) < 4.78 is 1.59. The van der Waals surface area contributed by atoms with Gasteiger partial charge in [0.2, 0.25) is 0 Å². The van der Waals surface area contributed by atoms with E-state index in [0.29, 0.717) is 24.9 Å². The molecule has 0 saturated carbocycles. The first-order valence-electron chi connectivity index (χ1n) is 7.90. The number of carbonyl (C=O) groups excluding carboxylic acids is 2. The summed E-state index contributed by atoms with van der Waals surface area (Å²) in [5.74, 6) is -0.260. The number of hydrogen-bond donors (Lipinski definition) is 1. The van der Waals surface area contributed by atoms with Crippen molar-refractivity contribution in [3.63, 3.8) is 0 Å². The van der Waals surface area contributed by atoms with E-state index in [2.05, 4.69) is 5.10 Å². The van der Waals surface area contributed by atoms with Gasteiger partial charge in [0.05, 0.1) is 11.8 Å². The lowest BCUT2D eigenvalue weighted by Crippen LogP contribution is -2.49. The highest BCUT2D eigenvalue weighted by atomic mass is 16.3. The van der Waals surface area contributed by atoms with E-state index in [4.69, 9.17) is 0 Å². The molecule has 1 N–H and O–H groups in total. The summed E-state index contributed by atoms with van der Waals surface area (Å²) in [7, 11) is 1.77. The van der Waals surface area contributed by atoms with Crippen LogP contribution in [-0.2, 0) is 11.8 Å². The van der Waals surface area contributed by atoms with E-state index >= 15 is 0 Å². The third-order valence-corrected chi connectivity index (χ3v) is 4.28. The highest BCUT2D eigenvalue weighted by molar-refractivity contribution is 5.96. The van der Waals surface area contributed by atoms with E-state index in [9.17, 15) is 14.7 Å². The molecule has 1 aliphatic rings. The molecule has 2 unspecified atom stereocenters. The van der Waals surface area contributed by atoms with Gasteiger partial charge in [0, 0.05) is 32.3 Å². The molecule has 1 aromatic rings. The van der Waals surface area contributed by atoms with Gasteiger partial charge in [-0.05, 0) is 26.2 Å². The maximum atomic E-state index is 12.5. The average molecular weight is 307 g/mol. The van der Waals surface area contributed by atoms with Gasteiger partial charge in [-0.3, -0.25) is 14.3 Å². The number of aliphatic hydroxyl groups is 1. The van der Waals surface area contributed by atoms with Gasteiger partial charge in [-0.1, -0.05) is 13.3 Å². The van der Waals surface area contributed by atoms with Crippen LogP contribution in [0.3, 0.4) is 0 Å². The van der Waals surface area contributed by atoms with Crippen LogP contribution in [-0.4, -0.2) is 49.7 Å². The predicted octanol–water partition coefficient (Wildman–Crippen LogP) is 1.53. The van der Waals surface area contributed by atoms with Crippen molar-refractivity contribution >= 4 is 11.7 Å². The second-order valence-corrected chi connectivity index (χ2v) is 6.35. The number of nitrogens with zero attached hydrogens (tertiary/aromatic N) is 3. The van der Waals surface area contributed by atoms with Gasteiger partial charge >= 0.3 is 0 Å². The second-order valence-electron chi connectivity index (χ2n) is 6.35. The van der Waals surface area contributed by atoms with Crippen LogP contribution < -0.4 is 0 Å². The molecule has 2 rings (SSSR count). The zero-order chi connectivity index (χ0) is 16.3. The molecule has 0 aliphatic carbocycles. The van der Waals surface area contributed by atoms with Crippen LogP contribution in [0, 0.1) is 0 Å². The molecule has 6 heteroatoms. The Balaban J connectivity index is 2.04. The predicted molar refractivity (Wildman–Crippen MR) is 82.4 cm³/mol. The Morgan fingerprint density at radius 2 is 2.23 bits per heavy atom.